The fraction of sp³-hybridized carbons (Fsp3) is 0.261. The van der Waals surface area contributed by atoms with Crippen LogP contribution in [-0.4, -0.2) is 55.8 Å². The van der Waals surface area contributed by atoms with E-state index in [2.05, 4.69) is 21.9 Å². The van der Waals surface area contributed by atoms with Crippen LogP contribution in [0.15, 0.2) is 30.3 Å². The first-order chi connectivity index (χ1) is 15.3. The number of amides is 2. The summed E-state index contributed by atoms with van der Waals surface area (Å²) in [5.41, 5.74) is 6.34. The number of carbonyl (C=O) groups excluding carboxylic acids is 2. The van der Waals surface area contributed by atoms with E-state index in [1.165, 1.54) is 9.58 Å². The normalized spacial score (nSPS) is 17.8. The van der Waals surface area contributed by atoms with Gasteiger partial charge in [-0.2, -0.15) is 10.4 Å². The number of primary amides is 1. The lowest BCUT2D eigenvalue weighted by Gasteiger charge is -2.13. The third-order valence-electron chi connectivity index (χ3n) is 5.44. The molecule has 160 valence electrons. The van der Waals surface area contributed by atoms with Gasteiger partial charge in [0.1, 0.15) is 11.8 Å². The third kappa shape index (κ3) is 3.45. The van der Waals surface area contributed by atoms with Crippen molar-refractivity contribution < 1.29 is 14.7 Å². The molecule has 1 aliphatic rings. The Bertz CT molecular complexity index is 1370. The van der Waals surface area contributed by atoms with E-state index in [0.717, 1.165) is 0 Å². The van der Waals surface area contributed by atoms with Crippen molar-refractivity contribution in [3.8, 4) is 23.6 Å². The molecular weight excluding hydrogens is 408 g/mol. The second kappa shape index (κ2) is 7.80. The van der Waals surface area contributed by atoms with Crippen LogP contribution in [0.25, 0.3) is 16.6 Å². The Balaban J connectivity index is 1.85. The highest BCUT2D eigenvalue weighted by Gasteiger charge is 2.42. The molecule has 1 aromatic carbocycles. The highest BCUT2D eigenvalue weighted by molar-refractivity contribution is 6.05. The molecule has 2 aromatic heterocycles. The second-order valence-corrected chi connectivity index (χ2v) is 7.58. The van der Waals surface area contributed by atoms with Crippen LogP contribution in [0, 0.1) is 23.2 Å². The Morgan fingerprint density at radius 1 is 1.38 bits per heavy atom. The van der Waals surface area contributed by atoms with E-state index in [-0.39, 0.29) is 17.8 Å². The first-order valence-electron chi connectivity index (χ1n) is 10.0. The quantitative estimate of drug-likeness (QED) is 0.595. The largest absolute Gasteiger partial charge is 0.369 e. The van der Waals surface area contributed by atoms with Crippen LogP contribution in [0.1, 0.15) is 40.8 Å². The lowest BCUT2D eigenvalue weighted by atomic mass is 10.0. The zero-order valence-electron chi connectivity index (χ0n) is 17.6. The Hall–Kier alpha value is -4.21. The topological polar surface area (TPSA) is 138 Å². The molecule has 2 amide bonds. The zero-order valence-corrected chi connectivity index (χ0v) is 17.6. The van der Waals surface area contributed by atoms with Crippen molar-refractivity contribution in [3.63, 3.8) is 0 Å². The van der Waals surface area contributed by atoms with E-state index in [0.29, 0.717) is 40.8 Å². The molecule has 0 bridgehead atoms. The van der Waals surface area contributed by atoms with E-state index in [4.69, 9.17) is 5.73 Å². The molecule has 1 saturated heterocycles. The van der Waals surface area contributed by atoms with Crippen molar-refractivity contribution in [2.24, 2.45) is 5.73 Å². The summed E-state index contributed by atoms with van der Waals surface area (Å²) in [6, 6.07) is 10.6. The van der Waals surface area contributed by atoms with Gasteiger partial charge in [-0.3, -0.25) is 9.59 Å². The maximum Gasteiger partial charge on any atom is 0.269 e. The van der Waals surface area contributed by atoms with Crippen LogP contribution in [-0.2, 0) is 11.2 Å². The predicted molar refractivity (Wildman–Crippen MR) is 116 cm³/mol. The molecule has 32 heavy (non-hydrogen) atoms. The van der Waals surface area contributed by atoms with Crippen molar-refractivity contribution in [2.75, 3.05) is 13.6 Å². The van der Waals surface area contributed by atoms with Crippen molar-refractivity contribution >= 4 is 22.7 Å². The van der Waals surface area contributed by atoms with Gasteiger partial charge in [0.2, 0.25) is 5.60 Å². The Morgan fingerprint density at radius 2 is 2.16 bits per heavy atom. The molecule has 0 radical (unpaired) electrons. The monoisotopic (exact) mass is 428 g/mol. The summed E-state index contributed by atoms with van der Waals surface area (Å²) in [6.07, 6.45) is 0.731. The van der Waals surface area contributed by atoms with Gasteiger partial charge in [-0.25, -0.2) is 9.67 Å². The maximum atomic E-state index is 12.2. The minimum atomic E-state index is -1.70. The second-order valence-electron chi connectivity index (χ2n) is 7.58. The number of likely N-dealkylation sites (tertiary alicyclic amines) is 1. The average Bonchev–Trinajstić information content (AvgIpc) is 3.31. The number of hydrogen-bond donors (Lipinski definition) is 2. The van der Waals surface area contributed by atoms with Crippen molar-refractivity contribution in [1.82, 2.24) is 19.7 Å². The maximum absolute atomic E-state index is 12.2. The Labute approximate surface area is 184 Å². The van der Waals surface area contributed by atoms with Gasteiger partial charge in [0, 0.05) is 31.6 Å². The van der Waals surface area contributed by atoms with Crippen LogP contribution < -0.4 is 5.73 Å². The fourth-order valence-corrected chi connectivity index (χ4v) is 3.76. The van der Waals surface area contributed by atoms with Gasteiger partial charge in [0.05, 0.1) is 22.3 Å². The summed E-state index contributed by atoms with van der Waals surface area (Å²) in [7, 11) is 1.62. The van der Waals surface area contributed by atoms with Gasteiger partial charge >= 0.3 is 0 Å². The van der Waals surface area contributed by atoms with Crippen molar-refractivity contribution in [3.05, 3.63) is 53.0 Å². The Kier molecular flexibility index (Phi) is 5.13. The molecule has 3 heterocycles. The van der Waals surface area contributed by atoms with Crippen LogP contribution in [0.5, 0.6) is 0 Å². The number of nitrogens with zero attached hydrogens (tertiary/aromatic N) is 5. The lowest BCUT2D eigenvalue weighted by molar-refractivity contribution is -0.137. The highest BCUT2D eigenvalue weighted by atomic mass is 16.3. The third-order valence-corrected chi connectivity index (χ3v) is 5.44. The van der Waals surface area contributed by atoms with Crippen LogP contribution >= 0.6 is 0 Å². The Morgan fingerprint density at radius 3 is 2.78 bits per heavy atom. The number of nitriles is 1. The molecule has 1 aliphatic heterocycles. The standard InChI is InChI=1S/C23H20N6O3/c1-3-17-19-18(12-15(13-24)26-17)29(27-20(19)21(25)30)16-6-4-5-14(11-16)7-8-23(32)9-10-28(2)22(23)31/h4-6,11-12,32H,3,9-10H2,1-2H3,(H2,25,30)/t23-/m0/s1. The minimum absolute atomic E-state index is 0.0687. The first kappa shape index (κ1) is 21.0. The predicted octanol–water partition coefficient (Wildman–Crippen LogP) is 0.898. The summed E-state index contributed by atoms with van der Waals surface area (Å²) in [5.74, 6) is 4.43. The smallest absolute Gasteiger partial charge is 0.269 e. The van der Waals surface area contributed by atoms with E-state index in [9.17, 15) is 20.0 Å². The highest BCUT2D eigenvalue weighted by Crippen LogP contribution is 2.26. The average molecular weight is 428 g/mol. The van der Waals surface area contributed by atoms with Gasteiger partial charge in [0.15, 0.2) is 5.69 Å². The molecule has 0 saturated carbocycles. The number of aliphatic hydroxyl groups is 1. The number of aromatic nitrogens is 3. The molecule has 0 aliphatic carbocycles. The molecule has 3 N–H and O–H groups in total. The summed E-state index contributed by atoms with van der Waals surface area (Å²) in [6.45, 7) is 2.31. The van der Waals surface area contributed by atoms with Crippen LogP contribution in [0.3, 0.4) is 0 Å². The fourth-order valence-electron chi connectivity index (χ4n) is 3.76. The zero-order chi connectivity index (χ0) is 23.0. The van der Waals surface area contributed by atoms with E-state index < -0.39 is 17.4 Å². The van der Waals surface area contributed by atoms with Gasteiger partial charge in [0.25, 0.3) is 11.8 Å². The molecule has 9 nitrogen and oxygen atoms in total. The molecule has 9 heteroatoms. The number of benzene rings is 1. The molecule has 1 atom stereocenters. The molecule has 4 rings (SSSR count). The molecular formula is C23H20N6O3. The van der Waals surface area contributed by atoms with E-state index in [1.807, 2.05) is 13.0 Å². The first-order valence-corrected chi connectivity index (χ1v) is 10.0. The van der Waals surface area contributed by atoms with Gasteiger partial charge < -0.3 is 15.7 Å². The lowest BCUT2D eigenvalue weighted by Crippen LogP contribution is -2.37. The van der Waals surface area contributed by atoms with Crippen LogP contribution in [0.4, 0.5) is 0 Å². The van der Waals surface area contributed by atoms with E-state index in [1.54, 1.807) is 37.4 Å². The summed E-state index contributed by atoms with van der Waals surface area (Å²) < 4.78 is 1.52. The summed E-state index contributed by atoms with van der Waals surface area (Å²) >= 11 is 0. The number of likely N-dealkylation sites (N-methyl/N-ethyl adjacent to an activating group) is 1. The summed E-state index contributed by atoms with van der Waals surface area (Å²) in [4.78, 5) is 29.9. The molecule has 1 fully saturated rings. The number of hydrogen-bond acceptors (Lipinski definition) is 6. The number of carbonyl (C=O) groups is 2. The SMILES string of the molecule is CCc1nc(C#N)cc2c1c(C(N)=O)nn2-c1cccc(C#C[C@]2(O)CCN(C)C2=O)c1. The number of aryl methyl sites for hydroxylation is 1. The number of rotatable bonds is 3. The number of pyridine rings is 1. The van der Waals surface area contributed by atoms with Gasteiger partial charge in [-0.05, 0) is 24.6 Å². The molecule has 0 unspecified atom stereocenters. The van der Waals surface area contributed by atoms with Gasteiger partial charge in [-0.15, -0.1) is 0 Å². The number of nitrogens with two attached hydrogens (primary N) is 1. The molecule has 0 spiro atoms. The van der Waals surface area contributed by atoms with Crippen LogP contribution in [0.2, 0.25) is 0 Å². The number of fused-ring (bicyclic) bond motifs is 1. The van der Waals surface area contributed by atoms with Crippen molar-refractivity contribution in [2.45, 2.75) is 25.4 Å². The van der Waals surface area contributed by atoms with Gasteiger partial charge in [-0.1, -0.05) is 24.8 Å². The van der Waals surface area contributed by atoms with Crippen molar-refractivity contribution in [1.29, 1.82) is 5.26 Å². The molecule has 3 aromatic rings. The minimum Gasteiger partial charge on any atom is -0.369 e. The van der Waals surface area contributed by atoms with E-state index >= 15 is 0 Å². The summed E-state index contributed by atoms with van der Waals surface area (Å²) in [5, 5.41) is 24.8.